The van der Waals surface area contributed by atoms with E-state index in [9.17, 15) is 8.78 Å². The fourth-order valence-corrected chi connectivity index (χ4v) is 1.81. The van der Waals surface area contributed by atoms with Crippen LogP contribution in [-0.2, 0) is 0 Å². The molecule has 0 aliphatic carbocycles. The Balaban J connectivity index is 2.59. The first-order valence-corrected chi connectivity index (χ1v) is 5.80. The molecule has 0 saturated carbocycles. The molecule has 0 saturated heterocycles. The molecule has 92 valence electrons. The number of pyridine rings is 1. The van der Waals surface area contributed by atoms with Gasteiger partial charge < -0.3 is 0 Å². The van der Waals surface area contributed by atoms with E-state index in [-0.39, 0.29) is 16.5 Å². The summed E-state index contributed by atoms with van der Waals surface area (Å²) in [5, 5.41) is 12.2. The summed E-state index contributed by atoms with van der Waals surface area (Å²) < 4.78 is 27.1. The van der Waals surface area contributed by atoms with Gasteiger partial charge in [0.25, 0.3) is 6.43 Å². The lowest BCUT2D eigenvalue weighted by atomic mass is 10.3. The summed E-state index contributed by atoms with van der Waals surface area (Å²) in [4.78, 5) is 3.97. The van der Waals surface area contributed by atoms with Crippen LogP contribution in [0.1, 0.15) is 17.7 Å². The number of rotatable bonds is 2. The van der Waals surface area contributed by atoms with Crippen molar-refractivity contribution < 1.29 is 8.78 Å². The van der Waals surface area contributed by atoms with Crippen molar-refractivity contribution in [1.82, 2.24) is 14.8 Å². The zero-order chi connectivity index (χ0) is 13.3. The molecule has 0 spiro atoms. The molecule has 4 nitrogen and oxygen atoms in total. The van der Waals surface area contributed by atoms with Crippen LogP contribution in [0.4, 0.5) is 8.78 Å². The van der Waals surface area contributed by atoms with Crippen LogP contribution in [0.25, 0.3) is 5.82 Å². The Morgan fingerprint density at radius 2 is 2.17 bits per heavy atom. The SMILES string of the molecule is N#Cc1c(C(F)F)nn(-c2ccc(Br)cn2)c1Cl. The minimum Gasteiger partial charge on any atom is -0.236 e. The Bertz CT molecular complexity index is 618. The van der Waals surface area contributed by atoms with E-state index < -0.39 is 12.1 Å². The lowest BCUT2D eigenvalue weighted by molar-refractivity contribution is 0.145. The van der Waals surface area contributed by atoms with Crippen LogP contribution in [-0.4, -0.2) is 14.8 Å². The summed E-state index contributed by atoms with van der Waals surface area (Å²) in [5.74, 6) is 0.256. The van der Waals surface area contributed by atoms with Crippen LogP contribution in [0.5, 0.6) is 0 Å². The Morgan fingerprint density at radius 1 is 1.44 bits per heavy atom. The smallest absolute Gasteiger partial charge is 0.236 e. The number of nitriles is 1. The van der Waals surface area contributed by atoms with Gasteiger partial charge in [-0.1, -0.05) is 11.6 Å². The van der Waals surface area contributed by atoms with Gasteiger partial charge in [0.1, 0.15) is 17.3 Å². The second-order valence-corrected chi connectivity index (χ2v) is 4.48. The van der Waals surface area contributed by atoms with Crippen LogP contribution in [0, 0.1) is 11.3 Å². The number of halogens is 4. The average Bonchev–Trinajstić information content (AvgIpc) is 2.67. The highest BCUT2D eigenvalue weighted by Crippen LogP contribution is 2.28. The van der Waals surface area contributed by atoms with Gasteiger partial charge in [-0.2, -0.15) is 10.4 Å². The van der Waals surface area contributed by atoms with Gasteiger partial charge in [-0.05, 0) is 28.1 Å². The van der Waals surface area contributed by atoms with Crippen LogP contribution < -0.4 is 0 Å². The van der Waals surface area contributed by atoms with Crippen molar-refractivity contribution in [2.75, 3.05) is 0 Å². The van der Waals surface area contributed by atoms with Gasteiger partial charge in [-0.3, -0.25) is 0 Å². The normalized spacial score (nSPS) is 10.7. The third kappa shape index (κ3) is 2.21. The molecule has 0 fully saturated rings. The molecule has 2 aromatic heterocycles. The van der Waals surface area contributed by atoms with E-state index >= 15 is 0 Å². The molecule has 0 N–H and O–H groups in total. The van der Waals surface area contributed by atoms with E-state index in [1.807, 2.05) is 0 Å². The molecule has 2 rings (SSSR count). The topological polar surface area (TPSA) is 54.5 Å². The summed E-state index contributed by atoms with van der Waals surface area (Å²) >= 11 is 9.04. The largest absolute Gasteiger partial charge is 0.283 e. The minimum atomic E-state index is -2.87. The first kappa shape index (κ1) is 12.9. The van der Waals surface area contributed by atoms with E-state index in [4.69, 9.17) is 16.9 Å². The molecule has 0 amide bonds. The highest BCUT2D eigenvalue weighted by molar-refractivity contribution is 9.10. The van der Waals surface area contributed by atoms with Gasteiger partial charge in [0.05, 0.1) is 0 Å². The van der Waals surface area contributed by atoms with Gasteiger partial charge in [-0.25, -0.2) is 18.4 Å². The maximum absolute atomic E-state index is 12.7. The van der Waals surface area contributed by atoms with E-state index in [0.717, 1.165) is 9.15 Å². The summed E-state index contributed by atoms with van der Waals surface area (Å²) in [6.45, 7) is 0. The maximum Gasteiger partial charge on any atom is 0.283 e. The first-order chi connectivity index (χ1) is 8.54. The molecule has 0 bridgehead atoms. The summed E-state index contributed by atoms with van der Waals surface area (Å²) in [7, 11) is 0. The molecule has 0 atom stereocenters. The van der Waals surface area contributed by atoms with Crippen molar-refractivity contribution in [2.45, 2.75) is 6.43 Å². The van der Waals surface area contributed by atoms with Crippen molar-refractivity contribution in [3.8, 4) is 11.9 Å². The predicted molar refractivity (Wildman–Crippen MR) is 63.7 cm³/mol. The first-order valence-electron chi connectivity index (χ1n) is 4.63. The number of hydrogen-bond acceptors (Lipinski definition) is 3. The van der Waals surface area contributed by atoms with Gasteiger partial charge in [0, 0.05) is 10.7 Å². The number of alkyl halides is 2. The molecule has 8 heteroatoms. The summed E-state index contributed by atoms with van der Waals surface area (Å²) in [6, 6.07) is 4.82. The molecule has 18 heavy (non-hydrogen) atoms. The predicted octanol–water partition coefficient (Wildman–Crippen LogP) is 3.49. The highest BCUT2D eigenvalue weighted by Gasteiger charge is 2.24. The zero-order valence-corrected chi connectivity index (χ0v) is 11.0. The van der Waals surface area contributed by atoms with Crippen molar-refractivity contribution in [2.24, 2.45) is 0 Å². The number of nitrogens with zero attached hydrogens (tertiary/aromatic N) is 4. The molecule has 0 unspecified atom stereocenters. The van der Waals surface area contributed by atoms with Crippen LogP contribution in [0.2, 0.25) is 5.15 Å². The van der Waals surface area contributed by atoms with Gasteiger partial charge in [0.2, 0.25) is 0 Å². The standard InChI is InChI=1S/C10H4BrClF2N4/c11-5-1-2-7(16-4-5)18-9(12)6(3-15)8(17-18)10(13)14/h1-2,4,10H. The van der Waals surface area contributed by atoms with E-state index in [1.54, 1.807) is 18.2 Å². The molecular formula is C10H4BrClF2N4. The van der Waals surface area contributed by atoms with E-state index in [1.165, 1.54) is 6.20 Å². The van der Waals surface area contributed by atoms with Gasteiger partial charge in [0.15, 0.2) is 11.0 Å². The van der Waals surface area contributed by atoms with Crippen molar-refractivity contribution in [1.29, 1.82) is 5.26 Å². The van der Waals surface area contributed by atoms with Crippen molar-refractivity contribution in [3.63, 3.8) is 0 Å². The summed E-state index contributed by atoms with van der Waals surface area (Å²) in [5.41, 5.74) is -0.983. The second kappa shape index (κ2) is 5.00. The molecule has 2 aromatic rings. The third-order valence-corrected chi connectivity index (χ3v) is 2.92. The molecule has 0 aromatic carbocycles. The van der Waals surface area contributed by atoms with Crippen LogP contribution in [0.3, 0.4) is 0 Å². The zero-order valence-electron chi connectivity index (χ0n) is 8.61. The third-order valence-electron chi connectivity index (χ3n) is 2.10. The monoisotopic (exact) mass is 332 g/mol. The fraction of sp³-hybridized carbons (Fsp3) is 0.100. The maximum atomic E-state index is 12.7. The van der Waals surface area contributed by atoms with E-state index in [0.29, 0.717) is 0 Å². The molecule has 0 aliphatic rings. The highest BCUT2D eigenvalue weighted by atomic mass is 79.9. The average molecular weight is 334 g/mol. The Labute approximate surface area is 114 Å². The molecular weight excluding hydrogens is 329 g/mol. The molecule has 2 heterocycles. The minimum absolute atomic E-state index is 0.178. The Hall–Kier alpha value is -1.52. The van der Waals surface area contributed by atoms with Crippen molar-refractivity contribution in [3.05, 3.63) is 39.2 Å². The van der Waals surface area contributed by atoms with Crippen LogP contribution in [0.15, 0.2) is 22.8 Å². The lowest BCUT2D eigenvalue weighted by Crippen LogP contribution is -2.00. The second-order valence-electron chi connectivity index (χ2n) is 3.21. The number of hydrogen-bond donors (Lipinski definition) is 0. The summed E-state index contributed by atoms with van der Waals surface area (Å²) in [6.07, 6.45) is -1.39. The Morgan fingerprint density at radius 3 is 2.61 bits per heavy atom. The Kier molecular flexibility index (Phi) is 3.59. The molecule has 0 aliphatic heterocycles. The van der Waals surface area contributed by atoms with Gasteiger partial charge >= 0.3 is 0 Å². The van der Waals surface area contributed by atoms with Gasteiger partial charge in [-0.15, -0.1) is 0 Å². The van der Waals surface area contributed by atoms with Crippen LogP contribution >= 0.6 is 27.5 Å². The molecule has 0 radical (unpaired) electrons. The quantitative estimate of drug-likeness (QED) is 0.845. The number of aromatic nitrogens is 3. The lowest BCUT2D eigenvalue weighted by Gasteiger charge is -2.01. The van der Waals surface area contributed by atoms with E-state index in [2.05, 4.69) is 26.0 Å². The van der Waals surface area contributed by atoms with Crippen molar-refractivity contribution >= 4 is 27.5 Å². The fourth-order valence-electron chi connectivity index (χ4n) is 1.31.